The predicted octanol–water partition coefficient (Wildman–Crippen LogP) is 4.46. The number of halogens is 1. The summed E-state index contributed by atoms with van der Waals surface area (Å²) in [5, 5.41) is 14.3. The highest BCUT2D eigenvalue weighted by Gasteiger charge is 2.06. The third-order valence-corrected chi connectivity index (χ3v) is 3.49. The summed E-state index contributed by atoms with van der Waals surface area (Å²) in [6.07, 6.45) is 0. The molecule has 0 aliphatic carbocycles. The van der Waals surface area contributed by atoms with Gasteiger partial charge in [-0.3, -0.25) is 0 Å². The fraction of sp³-hybridized carbons (Fsp3) is 0. The lowest BCUT2D eigenvalue weighted by Gasteiger charge is -2.06. The molecular formula is C14H9BrO. The summed E-state index contributed by atoms with van der Waals surface area (Å²) >= 11 is 3.33. The third-order valence-electron chi connectivity index (χ3n) is 2.85. The van der Waals surface area contributed by atoms with E-state index in [-0.39, 0.29) is 0 Å². The first-order chi connectivity index (χ1) is 7.77. The molecule has 0 saturated carbocycles. The summed E-state index contributed by atoms with van der Waals surface area (Å²) in [5.41, 5.74) is 0. The van der Waals surface area contributed by atoms with E-state index >= 15 is 0 Å². The molecule has 0 aromatic heterocycles. The van der Waals surface area contributed by atoms with Crippen molar-refractivity contribution in [2.75, 3.05) is 0 Å². The van der Waals surface area contributed by atoms with Gasteiger partial charge in [0, 0.05) is 5.39 Å². The van der Waals surface area contributed by atoms with Crippen LogP contribution >= 0.6 is 15.9 Å². The van der Waals surface area contributed by atoms with Crippen LogP contribution in [0, 0.1) is 0 Å². The van der Waals surface area contributed by atoms with Gasteiger partial charge in [-0.1, -0.05) is 36.4 Å². The van der Waals surface area contributed by atoms with Gasteiger partial charge in [0.1, 0.15) is 5.75 Å². The summed E-state index contributed by atoms with van der Waals surface area (Å²) in [7, 11) is 0. The molecule has 78 valence electrons. The third kappa shape index (κ3) is 1.30. The van der Waals surface area contributed by atoms with Crippen molar-refractivity contribution in [1.82, 2.24) is 0 Å². The van der Waals surface area contributed by atoms with E-state index in [1.165, 1.54) is 10.8 Å². The van der Waals surface area contributed by atoms with Crippen molar-refractivity contribution in [2.24, 2.45) is 0 Å². The standard InChI is InChI=1S/C14H9BrO/c15-13-8-7-11-10-4-2-1-3-9(10)5-6-12(11)14(13)16/h1-8,16H. The van der Waals surface area contributed by atoms with E-state index in [9.17, 15) is 5.11 Å². The summed E-state index contributed by atoms with van der Waals surface area (Å²) < 4.78 is 0.732. The Morgan fingerprint density at radius 3 is 2.38 bits per heavy atom. The van der Waals surface area contributed by atoms with Gasteiger partial charge >= 0.3 is 0 Å². The Morgan fingerprint density at radius 1 is 0.750 bits per heavy atom. The molecule has 2 heteroatoms. The van der Waals surface area contributed by atoms with Gasteiger partial charge in [-0.25, -0.2) is 0 Å². The minimum absolute atomic E-state index is 0.309. The topological polar surface area (TPSA) is 20.2 Å². The first-order valence-electron chi connectivity index (χ1n) is 5.06. The molecule has 0 spiro atoms. The van der Waals surface area contributed by atoms with Crippen LogP contribution in [0.25, 0.3) is 21.5 Å². The molecule has 0 unspecified atom stereocenters. The smallest absolute Gasteiger partial charge is 0.137 e. The van der Waals surface area contributed by atoms with E-state index in [1.54, 1.807) is 0 Å². The van der Waals surface area contributed by atoms with Crippen LogP contribution < -0.4 is 0 Å². The highest BCUT2D eigenvalue weighted by Crippen LogP contribution is 2.35. The van der Waals surface area contributed by atoms with Crippen LogP contribution in [0.15, 0.2) is 53.0 Å². The maximum atomic E-state index is 9.97. The lowest BCUT2D eigenvalue weighted by atomic mass is 10.0. The number of phenolic OH excluding ortho intramolecular Hbond substituents is 1. The molecule has 16 heavy (non-hydrogen) atoms. The average molecular weight is 273 g/mol. The first-order valence-corrected chi connectivity index (χ1v) is 5.85. The minimum Gasteiger partial charge on any atom is -0.506 e. The van der Waals surface area contributed by atoms with E-state index in [1.807, 2.05) is 36.4 Å². The molecule has 0 amide bonds. The number of rotatable bonds is 0. The number of hydrogen-bond donors (Lipinski definition) is 1. The molecule has 0 bridgehead atoms. The van der Waals surface area contributed by atoms with E-state index < -0.39 is 0 Å². The Hall–Kier alpha value is -1.54. The molecule has 1 N–H and O–H groups in total. The van der Waals surface area contributed by atoms with Crippen LogP contribution in [0.3, 0.4) is 0 Å². The second-order valence-corrected chi connectivity index (χ2v) is 4.63. The molecule has 3 aromatic carbocycles. The summed E-state index contributed by atoms with van der Waals surface area (Å²) in [5.74, 6) is 0.309. The lowest BCUT2D eigenvalue weighted by molar-refractivity contribution is 0.478. The average Bonchev–Trinajstić information content (AvgIpc) is 2.33. The normalized spacial score (nSPS) is 11.1. The molecule has 0 saturated heterocycles. The van der Waals surface area contributed by atoms with Crippen LogP contribution in [0.2, 0.25) is 0 Å². The Labute approximate surface area is 101 Å². The van der Waals surface area contributed by atoms with Crippen molar-refractivity contribution in [3.8, 4) is 5.75 Å². The van der Waals surface area contributed by atoms with Crippen molar-refractivity contribution >= 4 is 37.5 Å². The van der Waals surface area contributed by atoms with E-state index in [0.717, 1.165) is 15.2 Å². The van der Waals surface area contributed by atoms with Gasteiger partial charge in [0.2, 0.25) is 0 Å². The van der Waals surface area contributed by atoms with Crippen molar-refractivity contribution in [3.63, 3.8) is 0 Å². The maximum absolute atomic E-state index is 9.97. The molecule has 0 aliphatic heterocycles. The van der Waals surface area contributed by atoms with Crippen LogP contribution in [-0.2, 0) is 0 Å². The van der Waals surface area contributed by atoms with Crippen LogP contribution in [0.1, 0.15) is 0 Å². The molecule has 3 rings (SSSR count). The van der Waals surface area contributed by atoms with Crippen LogP contribution in [0.5, 0.6) is 5.75 Å². The molecule has 3 aromatic rings. The number of hydrogen-bond acceptors (Lipinski definition) is 1. The van der Waals surface area contributed by atoms with Crippen LogP contribution in [0.4, 0.5) is 0 Å². The zero-order valence-electron chi connectivity index (χ0n) is 8.44. The van der Waals surface area contributed by atoms with Crippen molar-refractivity contribution in [2.45, 2.75) is 0 Å². The van der Waals surface area contributed by atoms with E-state index in [2.05, 4.69) is 28.1 Å². The zero-order valence-corrected chi connectivity index (χ0v) is 10.0. The van der Waals surface area contributed by atoms with Gasteiger partial charge in [0.15, 0.2) is 0 Å². The Morgan fingerprint density at radius 2 is 1.50 bits per heavy atom. The maximum Gasteiger partial charge on any atom is 0.137 e. The summed E-state index contributed by atoms with van der Waals surface area (Å²) in [6, 6.07) is 16.1. The SMILES string of the molecule is Oc1c(Br)ccc2c1ccc1ccccc12. The molecule has 0 aliphatic rings. The number of phenols is 1. The highest BCUT2D eigenvalue weighted by molar-refractivity contribution is 9.10. The van der Waals surface area contributed by atoms with Crippen molar-refractivity contribution in [3.05, 3.63) is 53.0 Å². The Bertz CT molecular complexity index is 689. The molecule has 0 heterocycles. The van der Waals surface area contributed by atoms with Gasteiger partial charge < -0.3 is 5.11 Å². The highest BCUT2D eigenvalue weighted by atomic mass is 79.9. The molecule has 0 fully saturated rings. The van der Waals surface area contributed by atoms with Crippen molar-refractivity contribution in [1.29, 1.82) is 0 Å². The summed E-state index contributed by atoms with van der Waals surface area (Å²) in [6.45, 7) is 0. The fourth-order valence-corrected chi connectivity index (χ4v) is 2.39. The van der Waals surface area contributed by atoms with E-state index in [4.69, 9.17) is 0 Å². The van der Waals surface area contributed by atoms with Gasteiger partial charge in [-0.05, 0) is 44.2 Å². The van der Waals surface area contributed by atoms with Gasteiger partial charge in [-0.2, -0.15) is 0 Å². The second-order valence-electron chi connectivity index (χ2n) is 3.78. The first kappa shape index (κ1) is 9.67. The number of benzene rings is 3. The monoisotopic (exact) mass is 272 g/mol. The van der Waals surface area contributed by atoms with Crippen LogP contribution in [-0.4, -0.2) is 5.11 Å². The molecule has 1 nitrogen and oxygen atoms in total. The second kappa shape index (κ2) is 3.49. The number of aromatic hydroxyl groups is 1. The van der Waals surface area contributed by atoms with Gasteiger partial charge in [-0.15, -0.1) is 0 Å². The molecular weight excluding hydrogens is 264 g/mol. The quantitative estimate of drug-likeness (QED) is 0.599. The van der Waals surface area contributed by atoms with Gasteiger partial charge in [0.05, 0.1) is 4.47 Å². The lowest BCUT2D eigenvalue weighted by Crippen LogP contribution is -1.79. The van der Waals surface area contributed by atoms with Gasteiger partial charge in [0.25, 0.3) is 0 Å². The van der Waals surface area contributed by atoms with Crippen molar-refractivity contribution < 1.29 is 5.11 Å². The minimum atomic E-state index is 0.309. The zero-order chi connectivity index (χ0) is 11.1. The fourth-order valence-electron chi connectivity index (χ4n) is 2.05. The molecule has 0 radical (unpaired) electrons. The number of fused-ring (bicyclic) bond motifs is 3. The molecule has 0 atom stereocenters. The Balaban J connectivity index is 2.58. The summed E-state index contributed by atoms with van der Waals surface area (Å²) in [4.78, 5) is 0. The largest absolute Gasteiger partial charge is 0.506 e. The Kier molecular flexibility index (Phi) is 2.11. The predicted molar refractivity (Wildman–Crippen MR) is 70.8 cm³/mol. The van der Waals surface area contributed by atoms with E-state index in [0.29, 0.717) is 5.75 Å².